The molecule has 1 aromatic carbocycles. The van der Waals surface area contributed by atoms with E-state index in [-0.39, 0.29) is 17.9 Å². The lowest BCUT2D eigenvalue weighted by Crippen LogP contribution is -2.12. The van der Waals surface area contributed by atoms with E-state index >= 15 is 0 Å². The Morgan fingerprint density at radius 2 is 2.24 bits per heavy atom. The number of hydrogen-bond acceptors (Lipinski definition) is 5. The highest BCUT2D eigenvalue weighted by molar-refractivity contribution is 5.93. The van der Waals surface area contributed by atoms with E-state index in [2.05, 4.69) is 10.2 Å². The summed E-state index contributed by atoms with van der Waals surface area (Å²) in [5.74, 6) is 4.11. The van der Waals surface area contributed by atoms with Gasteiger partial charge in [-0.1, -0.05) is 0 Å². The molecule has 0 spiro atoms. The van der Waals surface area contributed by atoms with Crippen LogP contribution in [0, 0.1) is 0 Å². The van der Waals surface area contributed by atoms with Gasteiger partial charge in [0.15, 0.2) is 0 Å². The van der Waals surface area contributed by atoms with Gasteiger partial charge < -0.3 is 14.9 Å². The molecule has 0 bridgehead atoms. The minimum absolute atomic E-state index is 0.0776. The second kappa shape index (κ2) is 6.00. The molecule has 0 unspecified atom stereocenters. The maximum atomic E-state index is 12.2. The summed E-state index contributed by atoms with van der Waals surface area (Å²) < 4.78 is 33.3. The topological polar surface area (TPSA) is 73.6 Å². The van der Waals surface area contributed by atoms with E-state index in [1.807, 2.05) is 0 Å². The van der Waals surface area contributed by atoms with Crippen LogP contribution >= 0.6 is 0 Å². The summed E-state index contributed by atoms with van der Waals surface area (Å²) in [5.41, 5.74) is 2.53. The largest absolute Gasteiger partial charge is 0.462 e. The Bertz CT molecular complexity index is 399. The van der Waals surface area contributed by atoms with Crippen molar-refractivity contribution >= 4 is 11.7 Å². The Morgan fingerprint density at radius 3 is 2.76 bits per heavy atom. The number of carbonyl (C=O) groups excluding carboxylic acids is 1. The van der Waals surface area contributed by atoms with Gasteiger partial charge in [-0.15, -0.1) is 0 Å². The summed E-state index contributed by atoms with van der Waals surface area (Å²) in [6, 6.07) is 3.94. The number of esters is 1. The van der Waals surface area contributed by atoms with Gasteiger partial charge in [0.25, 0.3) is 0 Å². The molecule has 0 saturated heterocycles. The van der Waals surface area contributed by atoms with Crippen LogP contribution in [-0.4, -0.2) is 19.2 Å². The molecule has 3 N–H and O–H groups in total. The Kier molecular flexibility index (Phi) is 4.65. The number of hydrogen-bond donors (Lipinski definition) is 2. The second-order valence-electron chi connectivity index (χ2n) is 2.95. The summed E-state index contributed by atoms with van der Waals surface area (Å²) in [7, 11) is 0. The Labute approximate surface area is 96.5 Å². The minimum atomic E-state index is -3.03. The van der Waals surface area contributed by atoms with Crippen molar-refractivity contribution in [3.05, 3.63) is 23.8 Å². The van der Waals surface area contributed by atoms with E-state index in [4.69, 9.17) is 10.6 Å². The van der Waals surface area contributed by atoms with Gasteiger partial charge in [-0.25, -0.2) is 4.79 Å². The fraction of sp³-hybridized carbons (Fsp3) is 0.300. The summed E-state index contributed by atoms with van der Waals surface area (Å²) >= 11 is 0. The molecule has 0 radical (unpaired) electrons. The number of nitrogen functional groups attached to an aromatic ring is 1. The summed E-state index contributed by atoms with van der Waals surface area (Å²) in [5, 5.41) is 0. The first-order valence-electron chi connectivity index (χ1n) is 4.81. The fourth-order valence-electron chi connectivity index (χ4n) is 1.18. The van der Waals surface area contributed by atoms with Crippen LogP contribution in [0.15, 0.2) is 18.2 Å². The normalized spacial score (nSPS) is 10.2. The van der Waals surface area contributed by atoms with Crippen molar-refractivity contribution in [2.75, 3.05) is 12.0 Å². The lowest BCUT2D eigenvalue weighted by molar-refractivity contribution is -0.0504. The van der Waals surface area contributed by atoms with E-state index in [1.54, 1.807) is 6.92 Å². The fourth-order valence-corrected chi connectivity index (χ4v) is 1.18. The number of benzene rings is 1. The molecule has 0 aromatic heterocycles. The van der Waals surface area contributed by atoms with Gasteiger partial charge in [0, 0.05) is 6.07 Å². The molecule has 94 valence electrons. The van der Waals surface area contributed by atoms with Gasteiger partial charge in [0.1, 0.15) is 11.3 Å². The van der Waals surface area contributed by atoms with Crippen molar-refractivity contribution in [2.24, 2.45) is 5.84 Å². The third-order valence-electron chi connectivity index (χ3n) is 1.86. The lowest BCUT2D eigenvalue weighted by Gasteiger charge is -2.11. The molecule has 0 amide bonds. The van der Waals surface area contributed by atoms with Crippen LogP contribution < -0.4 is 16.0 Å². The zero-order chi connectivity index (χ0) is 12.8. The van der Waals surface area contributed by atoms with Gasteiger partial charge >= 0.3 is 12.6 Å². The Morgan fingerprint density at radius 1 is 1.53 bits per heavy atom. The van der Waals surface area contributed by atoms with Crippen molar-refractivity contribution in [3.8, 4) is 5.75 Å². The van der Waals surface area contributed by atoms with Crippen LogP contribution in [0.5, 0.6) is 5.75 Å². The summed E-state index contributed by atoms with van der Waals surface area (Å²) in [6.45, 7) is -1.28. The number of anilines is 1. The summed E-state index contributed by atoms with van der Waals surface area (Å²) in [6.07, 6.45) is 0. The third kappa shape index (κ3) is 3.56. The molecule has 0 atom stereocenters. The smallest absolute Gasteiger partial charge is 0.387 e. The zero-order valence-electron chi connectivity index (χ0n) is 9.07. The first-order valence-corrected chi connectivity index (χ1v) is 4.81. The molecule has 5 nitrogen and oxygen atoms in total. The predicted octanol–water partition coefficient (Wildman–Crippen LogP) is 1.75. The highest BCUT2D eigenvalue weighted by Crippen LogP contribution is 2.25. The van der Waals surface area contributed by atoms with Crippen molar-refractivity contribution in [1.29, 1.82) is 0 Å². The zero-order valence-corrected chi connectivity index (χ0v) is 9.07. The van der Waals surface area contributed by atoms with Crippen LogP contribution in [-0.2, 0) is 4.74 Å². The van der Waals surface area contributed by atoms with Crippen LogP contribution in [0.2, 0.25) is 0 Å². The van der Waals surface area contributed by atoms with E-state index in [1.165, 1.54) is 18.2 Å². The molecule has 0 fully saturated rings. The average molecular weight is 246 g/mol. The number of nitrogens with two attached hydrogens (primary N) is 1. The second-order valence-corrected chi connectivity index (χ2v) is 2.95. The highest BCUT2D eigenvalue weighted by Gasteiger charge is 2.17. The molecule has 0 aliphatic heterocycles. The van der Waals surface area contributed by atoms with Gasteiger partial charge in [-0.05, 0) is 19.1 Å². The number of alkyl halides is 2. The molecule has 1 aromatic rings. The molecule has 7 heteroatoms. The van der Waals surface area contributed by atoms with Gasteiger partial charge in [-0.2, -0.15) is 8.78 Å². The third-order valence-corrected chi connectivity index (χ3v) is 1.86. The van der Waals surface area contributed by atoms with Crippen LogP contribution in [0.1, 0.15) is 17.3 Å². The lowest BCUT2D eigenvalue weighted by atomic mass is 10.2. The number of ether oxygens (including phenoxy) is 2. The SMILES string of the molecule is CCOC(=O)c1ccc(NN)cc1OC(F)F. The van der Waals surface area contributed by atoms with Gasteiger partial charge in [0.2, 0.25) is 0 Å². The van der Waals surface area contributed by atoms with Crippen LogP contribution in [0.3, 0.4) is 0 Å². The minimum Gasteiger partial charge on any atom is -0.462 e. The molecule has 0 saturated carbocycles. The van der Waals surface area contributed by atoms with E-state index in [9.17, 15) is 13.6 Å². The predicted molar refractivity (Wildman–Crippen MR) is 56.8 cm³/mol. The summed E-state index contributed by atoms with van der Waals surface area (Å²) in [4.78, 5) is 11.4. The monoisotopic (exact) mass is 246 g/mol. The average Bonchev–Trinajstić information content (AvgIpc) is 2.28. The van der Waals surface area contributed by atoms with Crippen molar-refractivity contribution in [2.45, 2.75) is 13.5 Å². The molecule has 1 rings (SSSR count). The Balaban J connectivity index is 3.05. The molecule has 0 heterocycles. The first-order chi connectivity index (χ1) is 8.08. The Hall–Kier alpha value is -1.89. The van der Waals surface area contributed by atoms with Crippen molar-refractivity contribution in [1.82, 2.24) is 0 Å². The maximum Gasteiger partial charge on any atom is 0.387 e. The molecular weight excluding hydrogens is 234 g/mol. The number of hydrazine groups is 1. The maximum absolute atomic E-state index is 12.2. The number of carbonyl (C=O) groups is 1. The molecule has 0 aliphatic rings. The van der Waals surface area contributed by atoms with Gasteiger partial charge in [0.05, 0.1) is 12.3 Å². The first kappa shape index (κ1) is 13.2. The quantitative estimate of drug-likeness (QED) is 0.470. The number of halogens is 2. The van der Waals surface area contributed by atoms with Gasteiger partial charge in [-0.3, -0.25) is 5.84 Å². The number of rotatable bonds is 5. The van der Waals surface area contributed by atoms with E-state index in [0.29, 0.717) is 5.69 Å². The molecular formula is C10H12F2N2O3. The van der Waals surface area contributed by atoms with Crippen LogP contribution in [0.25, 0.3) is 0 Å². The van der Waals surface area contributed by atoms with E-state index in [0.717, 1.165) is 0 Å². The molecule has 0 aliphatic carbocycles. The highest BCUT2D eigenvalue weighted by atomic mass is 19.3. The van der Waals surface area contributed by atoms with Crippen molar-refractivity contribution in [3.63, 3.8) is 0 Å². The molecule has 17 heavy (non-hydrogen) atoms. The standard InChI is InChI=1S/C10H12F2N2O3/c1-2-16-9(15)7-4-3-6(14-13)5-8(7)17-10(11)12/h3-5,10,14H,2,13H2,1H3. The van der Waals surface area contributed by atoms with Crippen LogP contribution in [0.4, 0.5) is 14.5 Å². The van der Waals surface area contributed by atoms with Crippen molar-refractivity contribution < 1.29 is 23.0 Å². The number of nitrogens with one attached hydrogen (secondary N) is 1. The van der Waals surface area contributed by atoms with E-state index < -0.39 is 12.6 Å².